The van der Waals surface area contributed by atoms with Crippen LogP contribution in [-0.2, 0) is 10.6 Å². The first-order chi connectivity index (χ1) is 17.2. The smallest absolute Gasteiger partial charge is 0.302 e. The Hall–Kier alpha value is -4.23. The Bertz CT molecular complexity index is 1710. The van der Waals surface area contributed by atoms with E-state index < -0.39 is 5.72 Å². The number of aromatic nitrogens is 2. The number of anilines is 1. The van der Waals surface area contributed by atoms with Crippen molar-refractivity contribution in [1.29, 1.82) is 0 Å². The van der Waals surface area contributed by atoms with Crippen molar-refractivity contribution in [2.75, 3.05) is 4.90 Å². The highest BCUT2D eigenvalue weighted by molar-refractivity contribution is 9.10. The van der Waals surface area contributed by atoms with E-state index in [-0.39, 0.29) is 5.56 Å². The molecule has 168 valence electrons. The second-order valence-electron chi connectivity index (χ2n) is 8.44. The molecule has 0 N–H and O–H groups in total. The standard InChI is InChI=1S/C28H17BrN4O2/c29-19-16-14-18(15-17-19)25-31-35-28(33(25)20-8-2-1-3-9-20)22-11-5-7-13-24(22)32-26(34)21-10-4-6-12-23(21)30-27(28)32/h1-17H. The molecule has 0 saturated heterocycles. The predicted molar refractivity (Wildman–Crippen MR) is 139 cm³/mol. The lowest BCUT2D eigenvalue weighted by molar-refractivity contribution is 0.0102. The number of benzene rings is 4. The summed E-state index contributed by atoms with van der Waals surface area (Å²) in [5.74, 6) is 1.11. The number of fused-ring (bicyclic) bond motifs is 6. The van der Waals surface area contributed by atoms with Crippen LogP contribution in [-0.4, -0.2) is 15.4 Å². The van der Waals surface area contributed by atoms with Gasteiger partial charge in [-0.2, -0.15) is 0 Å². The molecule has 5 aromatic rings. The summed E-state index contributed by atoms with van der Waals surface area (Å²) in [5, 5.41) is 5.16. The summed E-state index contributed by atoms with van der Waals surface area (Å²) < 4.78 is 2.63. The van der Waals surface area contributed by atoms with Gasteiger partial charge in [0.25, 0.3) is 5.56 Å². The first kappa shape index (κ1) is 20.2. The molecule has 1 spiro atoms. The van der Waals surface area contributed by atoms with Gasteiger partial charge in [-0.1, -0.05) is 81.7 Å². The van der Waals surface area contributed by atoms with E-state index in [1.165, 1.54) is 0 Å². The van der Waals surface area contributed by atoms with Crippen molar-refractivity contribution in [1.82, 2.24) is 9.55 Å². The van der Waals surface area contributed by atoms with Crippen LogP contribution in [0, 0.1) is 0 Å². The molecule has 4 aromatic carbocycles. The van der Waals surface area contributed by atoms with Gasteiger partial charge < -0.3 is 4.84 Å². The molecule has 0 saturated carbocycles. The topological polar surface area (TPSA) is 59.7 Å². The Morgan fingerprint density at radius 1 is 0.800 bits per heavy atom. The molecule has 0 fully saturated rings. The Kier molecular flexibility index (Phi) is 4.25. The zero-order valence-electron chi connectivity index (χ0n) is 18.3. The Labute approximate surface area is 208 Å². The van der Waals surface area contributed by atoms with Crippen LogP contribution in [0.15, 0.2) is 118 Å². The largest absolute Gasteiger partial charge is 0.351 e. The van der Waals surface area contributed by atoms with Crippen LogP contribution < -0.4 is 10.5 Å². The number of hydrogen-bond acceptors (Lipinski definition) is 5. The molecule has 6 nitrogen and oxygen atoms in total. The zero-order chi connectivity index (χ0) is 23.6. The van der Waals surface area contributed by atoms with Crippen LogP contribution >= 0.6 is 15.9 Å². The maximum absolute atomic E-state index is 13.8. The Balaban J connectivity index is 1.57. The molecule has 35 heavy (non-hydrogen) atoms. The number of nitrogens with zero attached hydrogens (tertiary/aromatic N) is 4. The van der Waals surface area contributed by atoms with Gasteiger partial charge in [0, 0.05) is 15.7 Å². The molecule has 1 unspecified atom stereocenters. The highest BCUT2D eigenvalue weighted by atomic mass is 79.9. The van der Waals surface area contributed by atoms with E-state index >= 15 is 0 Å². The summed E-state index contributed by atoms with van der Waals surface area (Å²) in [5.41, 5.74) is 2.53. The first-order valence-corrected chi connectivity index (χ1v) is 12.0. The SMILES string of the molecule is O=c1c2ccccc2nc2n1-c1ccccc1C21ON=C(c2ccc(Br)cc2)N1c1ccccc1. The molecule has 1 aromatic heterocycles. The molecule has 0 aliphatic carbocycles. The van der Waals surface area contributed by atoms with Gasteiger partial charge in [-0.3, -0.25) is 14.3 Å². The van der Waals surface area contributed by atoms with Gasteiger partial charge in [0.15, 0.2) is 11.7 Å². The highest BCUT2D eigenvalue weighted by Gasteiger charge is 2.58. The number of halogens is 1. The van der Waals surface area contributed by atoms with E-state index in [2.05, 4.69) is 21.1 Å². The van der Waals surface area contributed by atoms with E-state index in [0.29, 0.717) is 22.6 Å². The van der Waals surface area contributed by atoms with Crippen LogP contribution in [0.3, 0.4) is 0 Å². The second kappa shape index (κ2) is 7.38. The highest BCUT2D eigenvalue weighted by Crippen LogP contribution is 2.50. The van der Waals surface area contributed by atoms with Crippen LogP contribution in [0.2, 0.25) is 0 Å². The van der Waals surface area contributed by atoms with Gasteiger partial charge in [-0.25, -0.2) is 4.98 Å². The third kappa shape index (κ3) is 2.73. The summed E-state index contributed by atoms with van der Waals surface area (Å²) in [6, 6.07) is 33.0. The lowest BCUT2D eigenvalue weighted by atomic mass is 9.99. The summed E-state index contributed by atoms with van der Waals surface area (Å²) in [7, 11) is 0. The van der Waals surface area contributed by atoms with Gasteiger partial charge in [-0.05, 0) is 42.5 Å². The number of amidine groups is 1. The van der Waals surface area contributed by atoms with Gasteiger partial charge in [0.1, 0.15) is 0 Å². The molecule has 7 rings (SSSR count). The minimum Gasteiger partial charge on any atom is -0.351 e. The minimum absolute atomic E-state index is 0.136. The third-order valence-corrected chi connectivity index (χ3v) is 7.03. The molecule has 0 radical (unpaired) electrons. The van der Waals surface area contributed by atoms with E-state index in [9.17, 15) is 4.79 Å². The first-order valence-electron chi connectivity index (χ1n) is 11.2. The van der Waals surface area contributed by atoms with Gasteiger partial charge in [-0.15, -0.1) is 0 Å². The van der Waals surface area contributed by atoms with Crippen molar-refractivity contribution >= 4 is 38.4 Å². The lowest BCUT2D eigenvalue weighted by Gasteiger charge is -2.34. The van der Waals surface area contributed by atoms with Crippen molar-refractivity contribution in [3.8, 4) is 5.69 Å². The fraction of sp³-hybridized carbons (Fsp3) is 0.0357. The van der Waals surface area contributed by atoms with Crippen LogP contribution in [0.1, 0.15) is 17.0 Å². The minimum atomic E-state index is -1.25. The maximum Gasteiger partial charge on any atom is 0.302 e. The van der Waals surface area contributed by atoms with Crippen molar-refractivity contribution in [2.24, 2.45) is 5.16 Å². The number of para-hydroxylation sites is 3. The predicted octanol–water partition coefficient (Wildman–Crippen LogP) is 5.56. The van der Waals surface area contributed by atoms with Crippen LogP contribution in [0.25, 0.3) is 16.6 Å². The molecule has 7 heteroatoms. The fourth-order valence-electron chi connectivity index (χ4n) is 4.97. The number of rotatable bonds is 2. The molecule has 2 aliphatic heterocycles. The second-order valence-corrected chi connectivity index (χ2v) is 9.35. The Morgan fingerprint density at radius 2 is 1.51 bits per heavy atom. The van der Waals surface area contributed by atoms with Gasteiger partial charge >= 0.3 is 5.72 Å². The summed E-state index contributed by atoms with van der Waals surface area (Å²) >= 11 is 3.51. The molecule has 1 atom stereocenters. The molecular formula is C28H17BrN4O2. The van der Waals surface area contributed by atoms with Crippen molar-refractivity contribution < 1.29 is 4.84 Å². The molecular weight excluding hydrogens is 504 g/mol. The van der Waals surface area contributed by atoms with E-state index in [1.807, 2.05) is 102 Å². The molecule has 3 heterocycles. The summed E-state index contributed by atoms with van der Waals surface area (Å²) in [6.45, 7) is 0. The fourth-order valence-corrected chi connectivity index (χ4v) is 5.24. The van der Waals surface area contributed by atoms with Gasteiger partial charge in [0.2, 0.25) is 0 Å². The average molecular weight is 521 g/mol. The zero-order valence-corrected chi connectivity index (χ0v) is 19.9. The lowest BCUT2D eigenvalue weighted by Crippen LogP contribution is -2.48. The molecule has 0 bridgehead atoms. The summed E-state index contributed by atoms with van der Waals surface area (Å²) in [4.78, 5) is 27.2. The monoisotopic (exact) mass is 520 g/mol. The number of oxime groups is 1. The molecule has 2 aliphatic rings. The van der Waals surface area contributed by atoms with E-state index in [1.54, 1.807) is 10.6 Å². The van der Waals surface area contributed by atoms with Crippen molar-refractivity contribution in [2.45, 2.75) is 5.72 Å². The average Bonchev–Trinajstić information content (AvgIpc) is 3.43. The van der Waals surface area contributed by atoms with Crippen molar-refractivity contribution in [3.63, 3.8) is 0 Å². The maximum atomic E-state index is 13.8. The normalized spacial score (nSPS) is 17.9. The molecule has 0 amide bonds. The van der Waals surface area contributed by atoms with Crippen LogP contribution in [0.4, 0.5) is 5.69 Å². The van der Waals surface area contributed by atoms with E-state index in [0.717, 1.165) is 27.0 Å². The van der Waals surface area contributed by atoms with Gasteiger partial charge in [0.05, 0.1) is 22.2 Å². The number of hydrogen-bond donors (Lipinski definition) is 0. The van der Waals surface area contributed by atoms with E-state index in [4.69, 9.17) is 9.82 Å². The van der Waals surface area contributed by atoms with Crippen molar-refractivity contribution in [3.05, 3.63) is 135 Å². The summed E-state index contributed by atoms with van der Waals surface area (Å²) in [6.07, 6.45) is 0. The quantitative estimate of drug-likeness (QED) is 0.305. The van der Waals surface area contributed by atoms with Crippen LogP contribution in [0.5, 0.6) is 0 Å². The third-order valence-electron chi connectivity index (χ3n) is 6.50. The Morgan fingerprint density at radius 3 is 2.34 bits per heavy atom.